The Morgan fingerprint density at radius 3 is 2.43 bits per heavy atom. The first-order chi connectivity index (χ1) is 14.3. The van der Waals surface area contributed by atoms with Gasteiger partial charge >= 0.3 is 0 Å². The van der Waals surface area contributed by atoms with E-state index in [1.54, 1.807) is 17.0 Å². The molecule has 2 aromatic rings. The molecule has 0 atom stereocenters. The number of nitrogens with zero attached hydrogens (tertiary/aromatic N) is 2. The highest BCUT2D eigenvalue weighted by atomic mass is 79.9. The molecule has 1 fully saturated rings. The number of halogens is 1. The summed E-state index contributed by atoms with van der Waals surface area (Å²) in [5.41, 5.74) is 2.02. The zero-order valence-electron chi connectivity index (χ0n) is 17.3. The molecule has 0 radical (unpaired) electrons. The molecule has 0 aromatic heterocycles. The third kappa shape index (κ3) is 5.62. The smallest absolute Gasteiger partial charge is 0.243 e. The Bertz CT molecular complexity index is 1000. The number of carbonyl (C=O) groups is 1. The van der Waals surface area contributed by atoms with Crippen LogP contribution in [0.4, 0.5) is 0 Å². The topological polar surface area (TPSA) is 66.9 Å². The van der Waals surface area contributed by atoms with Gasteiger partial charge in [0.15, 0.2) is 0 Å². The van der Waals surface area contributed by atoms with Gasteiger partial charge < -0.3 is 9.64 Å². The highest BCUT2D eigenvalue weighted by Gasteiger charge is 2.30. The minimum atomic E-state index is -3.53. The van der Waals surface area contributed by atoms with Crippen molar-refractivity contribution >= 4 is 31.9 Å². The molecule has 2 aromatic carbocycles. The second kappa shape index (κ2) is 9.94. The molecule has 0 bridgehead atoms. The minimum Gasteiger partial charge on any atom is -0.494 e. The van der Waals surface area contributed by atoms with E-state index in [1.165, 1.54) is 4.31 Å². The second-order valence-electron chi connectivity index (χ2n) is 7.44. The summed E-state index contributed by atoms with van der Waals surface area (Å²) < 4.78 is 33.9. The van der Waals surface area contributed by atoms with Gasteiger partial charge in [0.1, 0.15) is 5.75 Å². The standard InChI is InChI=1S/C22H27BrN2O4S/c1-17-8-9-21(15-18(17)2)30(27,28)25-12-10-24(11-13-25)22(26)7-4-14-29-20-6-3-5-19(23)16-20/h3,5-6,8-9,15-16H,4,7,10-14H2,1-2H3. The van der Waals surface area contributed by atoms with E-state index in [-0.39, 0.29) is 5.91 Å². The predicted molar refractivity (Wildman–Crippen MR) is 120 cm³/mol. The Morgan fingerprint density at radius 1 is 1.03 bits per heavy atom. The summed E-state index contributed by atoms with van der Waals surface area (Å²) in [4.78, 5) is 14.5. The molecule has 1 heterocycles. The van der Waals surface area contributed by atoms with Crippen LogP contribution in [0, 0.1) is 13.8 Å². The summed E-state index contributed by atoms with van der Waals surface area (Å²) in [6.45, 7) is 5.78. The van der Waals surface area contributed by atoms with Gasteiger partial charge in [-0.05, 0) is 61.7 Å². The molecule has 1 amide bonds. The molecule has 0 aliphatic carbocycles. The number of hydrogen-bond acceptors (Lipinski definition) is 4. The third-order valence-electron chi connectivity index (χ3n) is 5.31. The molecule has 0 spiro atoms. The normalized spacial score (nSPS) is 15.2. The van der Waals surface area contributed by atoms with Crippen LogP contribution in [0.25, 0.3) is 0 Å². The quantitative estimate of drug-likeness (QED) is 0.549. The Kier molecular flexibility index (Phi) is 7.55. The van der Waals surface area contributed by atoms with Gasteiger partial charge in [-0.15, -0.1) is 0 Å². The molecular weight excluding hydrogens is 468 g/mol. The van der Waals surface area contributed by atoms with Gasteiger partial charge in [0.25, 0.3) is 0 Å². The van der Waals surface area contributed by atoms with Crippen LogP contribution in [0.1, 0.15) is 24.0 Å². The maximum absolute atomic E-state index is 12.9. The SMILES string of the molecule is Cc1ccc(S(=O)(=O)N2CCN(C(=O)CCCOc3cccc(Br)c3)CC2)cc1C. The minimum absolute atomic E-state index is 0.0380. The molecule has 162 valence electrons. The molecule has 6 nitrogen and oxygen atoms in total. The molecule has 1 aliphatic heterocycles. The average molecular weight is 495 g/mol. The fourth-order valence-corrected chi connectivity index (χ4v) is 5.22. The number of hydrogen-bond donors (Lipinski definition) is 0. The van der Waals surface area contributed by atoms with E-state index in [1.807, 2.05) is 44.2 Å². The van der Waals surface area contributed by atoms with E-state index in [4.69, 9.17) is 4.74 Å². The average Bonchev–Trinajstić information content (AvgIpc) is 2.73. The van der Waals surface area contributed by atoms with Crippen molar-refractivity contribution in [3.63, 3.8) is 0 Å². The molecular formula is C22H27BrN2O4S. The van der Waals surface area contributed by atoms with Crippen LogP contribution in [0.15, 0.2) is 51.8 Å². The largest absolute Gasteiger partial charge is 0.494 e. The molecule has 0 saturated carbocycles. The zero-order chi connectivity index (χ0) is 21.7. The number of amides is 1. The molecule has 0 N–H and O–H groups in total. The van der Waals surface area contributed by atoms with Crippen LogP contribution in [0.5, 0.6) is 5.75 Å². The van der Waals surface area contributed by atoms with E-state index in [0.717, 1.165) is 21.3 Å². The van der Waals surface area contributed by atoms with Crippen molar-refractivity contribution in [2.24, 2.45) is 0 Å². The summed E-state index contributed by atoms with van der Waals surface area (Å²) in [6.07, 6.45) is 1.00. The first kappa shape index (κ1) is 22.8. The van der Waals surface area contributed by atoms with Gasteiger partial charge in [-0.3, -0.25) is 4.79 Å². The number of rotatable bonds is 7. The van der Waals surface area contributed by atoms with E-state index in [9.17, 15) is 13.2 Å². The van der Waals surface area contributed by atoms with Crippen LogP contribution in [0.3, 0.4) is 0 Å². The number of benzene rings is 2. The van der Waals surface area contributed by atoms with Crippen molar-refractivity contribution in [1.82, 2.24) is 9.21 Å². The molecule has 1 aliphatic rings. The summed E-state index contributed by atoms with van der Waals surface area (Å²) >= 11 is 3.40. The molecule has 0 unspecified atom stereocenters. The van der Waals surface area contributed by atoms with Crippen LogP contribution < -0.4 is 4.74 Å². The van der Waals surface area contributed by atoms with Crippen molar-refractivity contribution in [2.75, 3.05) is 32.8 Å². The highest BCUT2D eigenvalue weighted by Crippen LogP contribution is 2.21. The highest BCUT2D eigenvalue weighted by molar-refractivity contribution is 9.10. The Hall–Kier alpha value is -1.90. The van der Waals surface area contributed by atoms with Gasteiger partial charge in [0.05, 0.1) is 11.5 Å². The molecule has 3 rings (SSSR count). The van der Waals surface area contributed by atoms with Gasteiger partial charge in [0, 0.05) is 37.1 Å². The Labute approximate surface area is 187 Å². The van der Waals surface area contributed by atoms with Gasteiger partial charge in [0.2, 0.25) is 15.9 Å². The van der Waals surface area contributed by atoms with Gasteiger partial charge in [-0.1, -0.05) is 28.1 Å². The Balaban J connectivity index is 1.46. The van der Waals surface area contributed by atoms with E-state index in [2.05, 4.69) is 15.9 Å². The van der Waals surface area contributed by atoms with E-state index in [0.29, 0.717) is 50.5 Å². The number of ether oxygens (including phenoxy) is 1. The summed E-state index contributed by atoms with van der Waals surface area (Å²) in [5.74, 6) is 0.804. The first-order valence-corrected chi connectivity index (χ1v) is 12.2. The fraction of sp³-hybridized carbons (Fsp3) is 0.409. The number of sulfonamides is 1. The maximum atomic E-state index is 12.9. The number of aryl methyl sites for hydroxylation is 2. The molecule has 8 heteroatoms. The van der Waals surface area contributed by atoms with Crippen molar-refractivity contribution in [2.45, 2.75) is 31.6 Å². The summed E-state index contributed by atoms with van der Waals surface area (Å²) in [5, 5.41) is 0. The number of piperazine rings is 1. The lowest BCUT2D eigenvalue weighted by atomic mass is 10.1. The van der Waals surface area contributed by atoms with Crippen LogP contribution in [0.2, 0.25) is 0 Å². The first-order valence-electron chi connectivity index (χ1n) is 10.0. The second-order valence-corrected chi connectivity index (χ2v) is 10.3. The van der Waals surface area contributed by atoms with Gasteiger partial charge in [-0.25, -0.2) is 8.42 Å². The monoisotopic (exact) mass is 494 g/mol. The lowest BCUT2D eigenvalue weighted by Crippen LogP contribution is -2.50. The summed E-state index contributed by atoms with van der Waals surface area (Å²) in [7, 11) is -3.53. The van der Waals surface area contributed by atoms with Crippen molar-refractivity contribution < 1.29 is 17.9 Å². The zero-order valence-corrected chi connectivity index (χ0v) is 19.7. The van der Waals surface area contributed by atoms with Crippen LogP contribution in [-0.4, -0.2) is 56.3 Å². The van der Waals surface area contributed by atoms with E-state index >= 15 is 0 Å². The third-order valence-corrected chi connectivity index (χ3v) is 7.70. The summed E-state index contributed by atoms with van der Waals surface area (Å²) in [6, 6.07) is 12.8. The van der Waals surface area contributed by atoms with Crippen molar-refractivity contribution in [3.8, 4) is 5.75 Å². The molecule has 1 saturated heterocycles. The van der Waals surface area contributed by atoms with Gasteiger partial charge in [-0.2, -0.15) is 4.31 Å². The molecule has 30 heavy (non-hydrogen) atoms. The van der Waals surface area contributed by atoms with Crippen LogP contribution >= 0.6 is 15.9 Å². The lowest BCUT2D eigenvalue weighted by molar-refractivity contribution is -0.132. The van der Waals surface area contributed by atoms with Crippen LogP contribution in [-0.2, 0) is 14.8 Å². The fourth-order valence-electron chi connectivity index (χ4n) is 3.33. The number of carbonyl (C=O) groups excluding carboxylic acids is 1. The maximum Gasteiger partial charge on any atom is 0.243 e. The Morgan fingerprint density at radius 2 is 1.77 bits per heavy atom. The predicted octanol–water partition coefficient (Wildman–Crippen LogP) is 3.76. The van der Waals surface area contributed by atoms with Crippen molar-refractivity contribution in [1.29, 1.82) is 0 Å². The van der Waals surface area contributed by atoms with Crippen molar-refractivity contribution in [3.05, 3.63) is 58.1 Å². The van der Waals surface area contributed by atoms with E-state index < -0.39 is 10.0 Å². The lowest BCUT2D eigenvalue weighted by Gasteiger charge is -2.34.